The summed E-state index contributed by atoms with van der Waals surface area (Å²) in [5.41, 5.74) is 1.14. The molecule has 0 bridgehead atoms. The van der Waals surface area contributed by atoms with E-state index in [1.54, 1.807) is 44.2 Å². The lowest BCUT2D eigenvalue weighted by atomic mass is 9.88. The molecule has 13 heteroatoms. The fourth-order valence-corrected chi connectivity index (χ4v) is 5.72. The molecule has 6 rings (SSSR count). The molecule has 0 unspecified atom stereocenters. The van der Waals surface area contributed by atoms with Crippen LogP contribution in [-0.2, 0) is 24.6 Å². The van der Waals surface area contributed by atoms with E-state index < -0.39 is 22.8 Å². The third kappa shape index (κ3) is 4.94. The molecule has 0 spiro atoms. The molecule has 0 saturated carbocycles. The highest BCUT2D eigenvalue weighted by Crippen LogP contribution is 2.33. The van der Waals surface area contributed by atoms with E-state index >= 15 is 0 Å². The van der Waals surface area contributed by atoms with Gasteiger partial charge in [-0.2, -0.15) is 18.3 Å². The molecule has 2 amide bonds. The van der Waals surface area contributed by atoms with Crippen LogP contribution in [0.5, 0.6) is 0 Å². The summed E-state index contributed by atoms with van der Waals surface area (Å²) in [5.74, 6) is -0.0493. The zero-order valence-electron chi connectivity index (χ0n) is 23.6. The molecule has 1 fully saturated rings. The quantitative estimate of drug-likeness (QED) is 0.329. The average molecular weight is 592 g/mol. The van der Waals surface area contributed by atoms with Crippen molar-refractivity contribution in [1.82, 2.24) is 34.1 Å². The van der Waals surface area contributed by atoms with E-state index in [2.05, 4.69) is 10.1 Å². The second kappa shape index (κ2) is 10.4. The van der Waals surface area contributed by atoms with Crippen molar-refractivity contribution in [3.05, 3.63) is 87.7 Å². The summed E-state index contributed by atoms with van der Waals surface area (Å²) in [4.78, 5) is 46.4. The number of nitrogens with one attached hydrogen (secondary N) is 1. The number of likely N-dealkylation sites (tertiary alicyclic amines) is 1. The van der Waals surface area contributed by atoms with Gasteiger partial charge in [-0.15, -0.1) is 0 Å². The second-order valence-corrected chi connectivity index (χ2v) is 10.9. The van der Waals surface area contributed by atoms with Crippen molar-refractivity contribution in [2.24, 2.45) is 7.05 Å². The summed E-state index contributed by atoms with van der Waals surface area (Å²) in [5, 5.41) is 5.61. The average Bonchev–Trinajstić information content (AvgIpc) is 3.56. The molecule has 0 aliphatic carbocycles. The Hall–Kier alpha value is -4.94. The molecule has 1 aromatic carbocycles. The highest BCUT2D eigenvalue weighted by molar-refractivity contribution is 5.94. The third-order valence-corrected chi connectivity index (χ3v) is 8.07. The topological polar surface area (TPSA) is 109 Å². The number of amides is 2. The lowest BCUT2D eigenvalue weighted by Crippen LogP contribution is -2.38. The molecule has 1 aliphatic rings. The van der Waals surface area contributed by atoms with Gasteiger partial charge in [0.2, 0.25) is 5.91 Å². The molecule has 222 valence electrons. The van der Waals surface area contributed by atoms with Crippen molar-refractivity contribution in [3.8, 4) is 5.69 Å². The highest BCUT2D eigenvalue weighted by Gasteiger charge is 2.36. The van der Waals surface area contributed by atoms with Crippen LogP contribution in [-0.4, -0.2) is 66.6 Å². The molecule has 0 radical (unpaired) electrons. The number of aromatic nitrogens is 5. The van der Waals surface area contributed by atoms with Gasteiger partial charge in [-0.25, -0.2) is 4.98 Å². The number of rotatable bonds is 5. The van der Waals surface area contributed by atoms with Crippen molar-refractivity contribution in [3.63, 3.8) is 0 Å². The molecule has 1 atom stereocenters. The molecule has 5 heterocycles. The first-order chi connectivity index (χ1) is 20.4. The number of fused-ring (bicyclic) bond motifs is 2. The molecular formula is C30H28F3N7O3. The van der Waals surface area contributed by atoms with Gasteiger partial charge in [0.05, 0.1) is 23.1 Å². The Morgan fingerprint density at radius 1 is 1.12 bits per heavy atom. The molecule has 4 aromatic heterocycles. The largest absolute Gasteiger partial charge is 0.433 e. The Morgan fingerprint density at radius 2 is 1.86 bits per heavy atom. The fourth-order valence-electron chi connectivity index (χ4n) is 5.72. The smallest absolute Gasteiger partial charge is 0.345 e. The Balaban J connectivity index is 1.26. The predicted octanol–water partition coefficient (Wildman–Crippen LogP) is 4.23. The van der Waals surface area contributed by atoms with Crippen LogP contribution in [0.4, 0.5) is 13.2 Å². The van der Waals surface area contributed by atoms with Crippen LogP contribution < -0.4 is 5.56 Å². The van der Waals surface area contributed by atoms with Crippen molar-refractivity contribution in [1.29, 1.82) is 0 Å². The molecule has 1 saturated heterocycles. The van der Waals surface area contributed by atoms with Crippen molar-refractivity contribution < 1.29 is 22.8 Å². The summed E-state index contributed by atoms with van der Waals surface area (Å²) in [6.07, 6.45) is -0.802. The number of carbonyl (C=O) groups is 2. The number of benzene rings is 1. The van der Waals surface area contributed by atoms with Gasteiger partial charge in [0.25, 0.3) is 11.5 Å². The molecular weight excluding hydrogens is 563 g/mol. The van der Waals surface area contributed by atoms with Gasteiger partial charge in [0, 0.05) is 63.1 Å². The number of pyridine rings is 2. The number of alkyl halides is 3. The van der Waals surface area contributed by atoms with Crippen molar-refractivity contribution >= 4 is 33.8 Å². The first-order valence-corrected chi connectivity index (χ1v) is 13.6. The first-order valence-electron chi connectivity index (χ1n) is 13.6. The van der Waals surface area contributed by atoms with Crippen LogP contribution >= 0.6 is 0 Å². The van der Waals surface area contributed by atoms with E-state index in [1.807, 2.05) is 27.9 Å². The summed E-state index contributed by atoms with van der Waals surface area (Å²) < 4.78 is 43.6. The minimum Gasteiger partial charge on any atom is -0.345 e. The van der Waals surface area contributed by atoms with E-state index in [4.69, 9.17) is 0 Å². The molecule has 1 N–H and O–H groups in total. The summed E-state index contributed by atoms with van der Waals surface area (Å²) in [7, 11) is 5.19. The predicted molar refractivity (Wildman–Crippen MR) is 153 cm³/mol. The maximum Gasteiger partial charge on any atom is 0.433 e. The number of nitrogens with zero attached hydrogens (tertiary/aromatic N) is 6. The summed E-state index contributed by atoms with van der Waals surface area (Å²) in [6, 6.07) is 12.1. The van der Waals surface area contributed by atoms with Crippen molar-refractivity contribution in [2.75, 3.05) is 20.6 Å². The van der Waals surface area contributed by atoms with Crippen LogP contribution in [0.15, 0.2) is 59.7 Å². The van der Waals surface area contributed by atoms with E-state index in [-0.39, 0.29) is 23.2 Å². The Morgan fingerprint density at radius 3 is 2.53 bits per heavy atom. The van der Waals surface area contributed by atoms with Crippen LogP contribution in [0.1, 0.15) is 46.1 Å². The second-order valence-electron chi connectivity index (χ2n) is 10.9. The van der Waals surface area contributed by atoms with Crippen LogP contribution in [0.25, 0.3) is 27.6 Å². The van der Waals surface area contributed by atoms with E-state index in [0.717, 1.165) is 22.2 Å². The molecule has 10 nitrogen and oxygen atoms in total. The van der Waals surface area contributed by atoms with E-state index in [1.165, 1.54) is 23.4 Å². The lowest BCUT2D eigenvalue weighted by molar-refractivity contribution is -0.140. The molecule has 1 aliphatic heterocycles. The van der Waals surface area contributed by atoms with Gasteiger partial charge in [-0.1, -0.05) is 12.1 Å². The number of aromatic amines is 1. The maximum absolute atomic E-state index is 13.5. The number of aryl methyl sites for hydroxylation is 1. The van der Waals surface area contributed by atoms with Gasteiger partial charge < -0.3 is 14.4 Å². The number of H-pyrrole nitrogens is 1. The normalized spacial score (nSPS) is 15.9. The summed E-state index contributed by atoms with van der Waals surface area (Å²) >= 11 is 0. The van der Waals surface area contributed by atoms with Gasteiger partial charge in [0.1, 0.15) is 5.65 Å². The van der Waals surface area contributed by atoms with Crippen molar-refractivity contribution in [2.45, 2.75) is 31.5 Å². The monoisotopic (exact) mass is 591 g/mol. The Kier molecular flexibility index (Phi) is 6.82. The zero-order valence-corrected chi connectivity index (χ0v) is 23.6. The Labute approximate surface area is 243 Å². The van der Waals surface area contributed by atoms with E-state index in [0.29, 0.717) is 41.8 Å². The minimum atomic E-state index is -4.77. The van der Waals surface area contributed by atoms with Crippen LogP contribution in [0.3, 0.4) is 0 Å². The van der Waals surface area contributed by atoms with Gasteiger partial charge in [0.15, 0.2) is 5.69 Å². The Bertz CT molecular complexity index is 1940. The SMILES string of the molecule is CN(C)C(=O)c1ccc([C@@H]2CCN(Cc3cc4c(-n5ccc6n[nH]c(C(F)(F)F)c6c5=O)ccnc4n3C)C(=O)C2)cc1. The number of halogens is 3. The standard InChI is InChI=1S/C30H28F3N7O3/c1-37(2)28(42)18-6-4-17(5-7-18)19-9-12-39(24(41)14-19)16-20-15-21-23(8-11-34-27(21)38(20)3)40-13-10-22-25(29(40)43)26(36-35-22)30(31,32)33/h4-8,10-11,13,15,19H,9,12,14,16H2,1-3H3,(H,35,36)/t19-/m1/s1. The van der Waals surface area contributed by atoms with Crippen LogP contribution in [0, 0.1) is 0 Å². The zero-order chi connectivity index (χ0) is 30.6. The maximum atomic E-state index is 13.5. The van der Waals surface area contributed by atoms with Crippen LogP contribution in [0.2, 0.25) is 0 Å². The highest BCUT2D eigenvalue weighted by atomic mass is 19.4. The number of hydrogen-bond acceptors (Lipinski definition) is 5. The van der Waals surface area contributed by atoms with Gasteiger partial charge in [-0.3, -0.25) is 24.0 Å². The summed E-state index contributed by atoms with van der Waals surface area (Å²) in [6.45, 7) is 0.836. The van der Waals surface area contributed by atoms with Gasteiger partial charge in [-0.05, 0) is 48.2 Å². The molecule has 43 heavy (non-hydrogen) atoms. The van der Waals surface area contributed by atoms with Gasteiger partial charge >= 0.3 is 6.18 Å². The van der Waals surface area contributed by atoms with E-state index in [9.17, 15) is 27.6 Å². The fraction of sp³-hybridized carbons (Fsp3) is 0.300. The molecule has 5 aromatic rings. The minimum absolute atomic E-state index is 0.00978. The third-order valence-electron chi connectivity index (χ3n) is 8.07. The number of hydrogen-bond donors (Lipinski definition) is 1. The number of carbonyl (C=O) groups excluding carboxylic acids is 2. The lowest BCUT2D eigenvalue weighted by Gasteiger charge is -2.32. The number of piperidine rings is 1. The first kappa shape index (κ1) is 28.2.